The monoisotopic (exact) mass is 422 g/mol. The molecule has 0 fully saturated rings. The van der Waals surface area contributed by atoms with Crippen LogP contribution in [-0.4, -0.2) is 20.6 Å². The van der Waals surface area contributed by atoms with E-state index in [1.807, 2.05) is 0 Å². The van der Waals surface area contributed by atoms with E-state index in [0.717, 1.165) is 44.9 Å². The fourth-order valence-corrected chi connectivity index (χ4v) is 4.08. The highest BCUT2D eigenvalue weighted by Gasteiger charge is 2.25. The first kappa shape index (κ1) is 26.2. The van der Waals surface area contributed by atoms with Crippen molar-refractivity contribution in [2.45, 2.75) is 123 Å². The lowest BCUT2D eigenvalue weighted by molar-refractivity contribution is -0.385. The zero-order valence-electron chi connectivity index (χ0n) is 19.2. The Bertz CT molecular complexity index is 625. The van der Waals surface area contributed by atoms with Gasteiger partial charge < -0.3 is 9.67 Å². The second kappa shape index (κ2) is 15.9. The minimum Gasteiger partial charge on any atom is -0.477 e. The van der Waals surface area contributed by atoms with E-state index in [-0.39, 0.29) is 11.4 Å². The molecule has 1 N–H and O–H groups in total. The Hall–Kier alpha value is -1.85. The molecular weight excluding hydrogens is 380 g/mol. The van der Waals surface area contributed by atoms with Crippen molar-refractivity contribution in [2.24, 2.45) is 0 Å². The molecule has 0 aliphatic rings. The van der Waals surface area contributed by atoms with E-state index in [4.69, 9.17) is 0 Å². The van der Waals surface area contributed by atoms with Crippen molar-refractivity contribution in [3.8, 4) is 0 Å². The fraction of sp³-hybridized carbons (Fsp3) is 0.792. The summed E-state index contributed by atoms with van der Waals surface area (Å²) in [7, 11) is 0. The first-order chi connectivity index (χ1) is 14.5. The molecule has 0 bridgehead atoms. The number of aromatic carboxylic acids is 1. The molecule has 0 saturated carbocycles. The molecule has 0 unspecified atom stereocenters. The van der Waals surface area contributed by atoms with Crippen molar-refractivity contribution in [3.05, 3.63) is 27.6 Å². The molecule has 0 spiro atoms. The van der Waals surface area contributed by atoms with Gasteiger partial charge in [-0.05, 0) is 19.3 Å². The standard InChI is InChI=1S/C24H42N2O4/c1-3-5-7-9-10-11-12-13-14-15-16-18-21-22(26(29)30)20-23(24(27)28)25(21)19-17-8-6-4-2/h20H,3-19H2,1-2H3,(H,27,28). The van der Waals surface area contributed by atoms with Gasteiger partial charge in [0.1, 0.15) is 5.69 Å². The first-order valence-corrected chi connectivity index (χ1v) is 12.1. The quantitative estimate of drug-likeness (QED) is 0.142. The fourth-order valence-electron chi connectivity index (χ4n) is 4.08. The maximum absolute atomic E-state index is 11.6. The van der Waals surface area contributed by atoms with Crippen LogP contribution in [0.15, 0.2) is 6.07 Å². The normalized spacial score (nSPS) is 11.1. The molecule has 1 heterocycles. The molecular formula is C24H42N2O4. The Morgan fingerprint density at radius 3 is 1.80 bits per heavy atom. The maximum Gasteiger partial charge on any atom is 0.352 e. The number of hydrogen-bond donors (Lipinski definition) is 1. The molecule has 30 heavy (non-hydrogen) atoms. The van der Waals surface area contributed by atoms with Crippen LogP contribution < -0.4 is 0 Å². The Labute approximate surface area is 182 Å². The van der Waals surface area contributed by atoms with Crippen LogP contribution in [0.5, 0.6) is 0 Å². The van der Waals surface area contributed by atoms with Crippen molar-refractivity contribution in [2.75, 3.05) is 0 Å². The summed E-state index contributed by atoms with van der Waals surface area (Å²) < 4.78 is 1.69. The lowest BCUT2D eigenvalue weighted by atomic mass is 10.0. The van der Waals surface area contributed by atoms with Crippen LogP contribution in [0, 0.1) is 10.1 Å². The molecule has 0 aliphatic heterocycles. The molecule has 1 aromatic rings. The summed E-state index contributed by atoms with van der Waals surface area (Å²) in [6.45, 7) is 4.91. The summed E-state index contributed by atoms with van der Waals surface area (Å²) in [4.78, 5) is 22.7. The van der Waals surface area contributed by atoms with Crippen LogP contribution in [-0.2, 0) is 13.0 Å². The van der Waals surface area contributed by atoms with E-state index in [2.05, 4.69) is 13.8 Å². The first-order valence-electron chi connectivity index (χ1n) is 12.1. The summed E-state index contributed by atoms with van der Waals surface area (Å²) in [5, 5.41) is 21.0. The average Bonchev–Trinajstić information content (AvgIpc) is 3.08. The second-order valence-electron chi connectivity index (χ2n) is 8.42. The number of rotatable bonds is 19. The zero-order chi connectivity index (χ0) is 22.2. The lowest BCUT2D eigenvalue weighted by Crippen LogP contribution is -2.12. The number of carbonyl (C=O) groups is 1. The summed E-state index contributed by atoms with van der Waals surface area (Å²) in [6.07, 6.45) is 18.1. The van der Waals surface area contributed by atoms with Gasteiger partial charge in [0, 0.05) is 12.6 Å². The molecule has 172 valence electrons. The molecule has 1 rings (SSSR count). The van der Waals surface area contributed by atoms with Crippen LogP contribution in [0.1, 0.15) is 126 Å². The predicted octanol–water partition coefficient (Wildman–Crippen LogP) is 7.53. The predicted molar refractivity (Wildman–Crippen MR) is 122 cm³/mol. The van der Waals surface area contributed by atoms with Gasteiger partial charge in [-0.1, -0.05) is 97.3 Å². The Morgan fingerprint density at radius 1 is 0.867 bits per heavy atom. The van der Waals surface area contributed by atoms with Gasteiger partial charge in [-0.3, -0.25) is 10.1 Å². The van der Waals surface area contributed by atoms with E-state index in [9.17, 15) is 20.0 Å². The molecule has 6 heteroatoms. The third-order valence-electron chi connectivity index (χ3n) is 5.85. The third-order valence-corrected chi connectivity index (χ3v) is 5.85. The Kier molecular flexibility index (Phi) is 13.9. The number of nitro groups is 1. The number of carboxylic acid groups (broad SMARTS) is 1. The van der Waals surface area contributed by atoms with Crippen LogP contribution >= 0.6 is 0 Å². The van der Waals surface area contributed by atoms with Gasteiger partial charge in [-0.2, -0.15) is 0 Å². The van der Waals surface area contributed by atoms with Gasteiger partial charge in [-0.15, -0.1) is 0 Å². The largest absolute Gasteiger partial charge is 0.477 e. The number of unbranched alkanes of at least 4 members (excludes halogenated alkanes) is 13. The molecule has 0 aromatic carbocycles. The minimum atomic E-state index is -1.08. The zero-order valence-corrected chi connectivity index (χ0v) is 19.2. The third kappa shape index (κ3) is 9.77. The summed E-state index contributed by atoms with van der Waals surface area (Å²) in [5.74, 6) is -1.08. The summed E-state index contributed by atoms with van der Waals surface area (Å²) >= 11 is 0. The van der Waals surface area contributed by atoms with E-state index in [0.29, 0.717) is 18.7 Å². The maximum atomic E-state index is 11.6. The molecule has 0 saturated heterocycles. The summed E-state index contributed by atoms with van der Waals surface area (Å²) in [5.41, 5.74) is 0.607. The SMILES string of the molecule is CCCCCCCCCCCCCc1c([N+](=O)[O-])cc(C(=O)O)n1CCCCCC. The van der Waals surface area contributed by atoms with Gasteiger partial charge in [0.2, 0.25) is 0 Å². The average molecular weight is 423 g/mol. The van der Waals surface area contributed by atoms with Crippen molar-refractivity contribution in [3.63, 3.8) is 0 Å². The van der Waals surface area contributed by atoms with Crippen LogP contribution in [0.2, 0.25) is 0 Å². The Morgan fingerprint density at radius 2 is 1.33 bits per heavy atom. The van der Waals surface area contributed by atoms with Crippen molar-refractivity contribution >= 4 is 11.7 Å². The van der Waals surface area contributed by atoms with Gasteiger partial charge in [0.25, 0.3) is 5.69 Å². The highest BCUT2D eigenvalue weighted by Crippen LogP contribution is 2.27. The second-order valence-corrected chi connectivity index (χ2v) is 8.42. The van der Waals surface area contributed by atoms with E-state index < -0.39 is 10.9 Å². The van der Waals surface area contributed by atoms with Crippen molar-refractivity contribution in [1.29, 1.82) is 0 Å². The molecule has 1 aromatic heterocycles. The van der Waals surface area contributed by atoms with E-state index in [1.54, 1.807) is 4.57 Å². The smallest absolute Gasteiger partial charge is 0.352 e. The molecule has 0 amide bonds. The highest BCUT2D eigenvalue weighted by atomic mass is 16.6. The van der Waals surface area contributed by atoms with Crippen molar-refractivity contribution in [1.82, 2.24) is 4.57 Å². The molecule has 0 radical (unpaired) electrons. The van der Waals surface area contributed by atoms with Crippen LogP contribution in [0.25, 0.3) is 0 Å². The van der Waals surface area contributed by atoms with E-state index >= 15 is 0 Å². The topological polar surface area (TPSA) is 85.4 Å². The minimum absolute atomic E-state index is 0.0324. The lowest BCUT2D eigenvalue weighted by Gasteiger charge is -2.11. The number of nitrogens with zero attached hydrogens (tertiary/aromatic N) is 2. The number of aromatic nitrogens is 1. The molecule has 0 aliphatic carbocycles. The van der Waals surface area contributed by atoms with Gasteiger partial charge >= 0.3 is 5.97 Å². The molecule has 0 atom stereocenters. The van der Waals surface area contributed by atoms with Gasteiger partial charge in [0.05, 0.1) is 10.6 Å². The highest BCUT2D eigenvalue weighted by molar-refractivity contribution is 5.87. The van der Waals surface area contributed by atoms with E-state index in [1.165, 1.54) is 57.4 Å². The molecule has 6 nitrogen and oxygen atoms in total. The number of carboxylic acids is 1. The summed E-state index contributed by atoms with van der Waals surface area (Å²) in [6, 6.07) is 1.25. The van der Waals surface area contributed by atoms with Crippen molar-refractivity contribution < 1.29 is 14.8 Å². The number of hydrogen-bond acceptors (Lipinski definition) is 3. The van der Waals surface area contributed by atoms with Crippen LogP contribution in [0.4, 0.5) is 5.69 Å². The Balaban J connectivity index is 2.50. The van der Waals surface area contributed by atoms with Crippen LogP contribution in [0.3, 0.4) is 0 Å². The van der Waals surface area contributed by atoms with Gasteiger partial charge in [-0.25, -0.2) is 4.79 Å². The van der Waals surface area contributed by atoms with Gasteiger partial charge in [0.15, 0.2) is 0 Å².